The standard InChI is InChI=1S/C17H19O4P/c1-11-9-12(2)16(13(3)10-11)17(18)14-5-7-15(8-6-14)22(19,20)21-4/h5-10H,1-4H3,(H,19,20). The quantitative estimate of drug-likeness (QED) is 0.694. The van der Waals surface area contributed by atoms with Gasteiger partial charge < -0.3 is 9.42 Å². The summed E-state index contributed by atoms with van der Waals surface area (Å²) < 4.78 is 16.3. The molecule has 0 bridgehead atoms. The predicted molar refractivity (Wildman–Crippen MR) is 87.0 cm³/mol. The second-order valence-corrected chi connectivity index (χ2v) is 7.28. The van der Waals surface area contributed by atoms with Crippen LogP contribution >= 0.6 is 7.60 Å². The zero-order valence-corrected chi connectivity index (χ0v) is 14.0. The van der Waals surface area contributed by atoms with Crippen LogP contribution in [0.4, 0.5) is 0 Å². The summed E-state index contributed by atoms with van der Waals surface area (Å²) in [6.45, 7) is 5.81. The van der Waals surface area contributed by atoms with E-state index in [9.17, 15) is 14.3 Å². The Balaban J connectivity index is 2.41. The molecule has 2 rings (SSSR count). The van der Waals surface area contributed by atoms with E-state index in [0.29, 0.717) is 11.1 Å². The van der Waals surface area contributed by atoms with E-state index in [-0.39, 0.29) is 11.1 Å². The van der Waals surface area contributed by atoms with Crippen molar-refractivity contribution in [2.75, 3.05) is 7.11 Å². The Hall–Kier alpha value is -1.74. The first kappa shape index (κ1) is 16.6. The topological polar surface area (TPSA) is 63.6 Å². The van der Waals surface area contributed by atoms with E-state index >= 15 is 0 Å². The third kappa shape index (κ3) is 3.20. The van der Waals surface area contributed by atoms with Crippen LogP contribution in [0.25, 0.3) is 0 Å². The van der Waals surface area contributed by atoms with Gasteiger partial charge in [-0.15, -0.1) is 0 Å². The van der Waals surface area contributed by atoms with Crippen molar-refractivity contribution in [3.63, 3.8) is 0 Å². The van der Waals surface area contributed by atoms with Gasteiger partial charge in [0.05, 0.1) is 5.30 Å². The van der Waals surface area contributed by atoms with Crippen LogP contribution < -0.4 is 5.30 Å². The monoisotopic (exact) mass is 318 g/mol. The minimum atomic E-state index is -3.78. The Morgan fingerprint density at radius 2 is 1.55 bits per heavy atom. The summed E-state index contributed by atoms with van der Waals surface area (Å²) in [7, 11) is -2.61. The SMILES string of the molecule is COP(=O)(O)c1ccc(C(=O)c2c(C)cc(C)cc2C)cc1. The Kier molecular flexibility index (Phi) is 4.66. The fourth-order valence-electron chi connectivity index (χ4n) is 2.59. The lowest BCUT2D eigenvalue weighted by atomic mass is 9.93. The zero-order chi connectivity index (χ0) is 16.5. The Bertz CT molecular complexity index is 740. The minimum Gasteiger partial charge on any atom is -0.321 e. The average Bonchev–Trinajstić information content (AvgIpc) is 2.46. The Morgan fingerprint density at radius 3 is 2.00 bits per heavy atom. The Morgan fingerprint density at radius 1 is 1.05 bits per heavy atom. The number of carbonyl (C=O) groups is 1. The van der Waals surface area contributed by atoms with E-state index in [1.807, 2.05) is 32.9 Å². The molecule has 4 nitrogen and oxygen atoms in total. The van der Waals surface area contributed by atoms with Gasteiger partial charge in [0.15, 0.2) is 5.78 Å². The van der Waals surface area contributed by atoms with Gasteiger partial charge in [-0.1, -0.05) is 29.8 Å². The number of hydrogen-bond acceptors (Lipinski definition) is 3. The first-order valence-electron chi connectivity index (χ1n) is 6.88. The van der Waals surface area contributed by atoms with Crippen LogP contribution in [0, 0.1) is 20.8 Å². The minimum absolute atomic E-state index is 0.0910. The number of aryl methyl sites for hydroxylation is 3. The molecule has 0 radical (unpaired) electrons. The van der Waals surface area contributed by atoms with E-state index in [1.54, 1.807) is 12.1 Å². The molecule has 0 saturated heterocycles. The maximum atomic E-state index is 12.7. The third-order valence-electron chi connectivity index (χ3n) is 3.61. The van der Waals surface area contributed by atoms with Crippen LogP contribution in [-0.2, 0) is 9.09 Å². The number of ketones is 1. The van der Waals surface area contributed by atoms with Crippen LogP contribution in [0.2, 0.25) is 0 Å². The molecule has 116 valence electrons. The summed E-state index contributed by atoms with van der Waals surface area (Å²) in [5.41, 5.74) is 4.13. The lowest BCUT2D eigenvalue weighted by Gasteiger charge is -2.12. The Labute approximate surface area is 130 Å². The summed E-state index contributed by atoms with van der Waals surface area (Å²) in [4.78, 5) is 22.3. The molecule has 0 amide bonds. The van der Waals surface area contributed by atoms with Gasteiger partial charge in [-0.05, 0) is 44.0 Å². The maximum absolute atomic E-state index is 12.7. The van der Waals surface area contributed by atoms with E-state index in [0.717, 1.165) is 16.7 Å². The van der Waals surface area contributed by atoms with Crippen molar-refractivity contribution < 1.29 is 18.8 Å². The van der Waals surface area contributed by atoms with E-state index in [4.69, 9.17) is 0 Å². The van der Waals surface area contributed by atoms with Gasteiger partial charge in [-0.25, -0.2) is 0 Å². The molecule has 1 atom stereocenters. The summed E-state index contributed by atoms with van der Waals surface area (Å²) in [6, 6.07) is 9.96. The highest BCUT2D eigenvalue weighted by Gasteiger charge is 2.21. The molecule has 0 saturated carbocycles. The van der Waals surface area contributed by atoms with Gasteiger partial charge in [0.2, 0.25) is 0 Å². The zero-order valence-electron chi connectivity index (χ0n) is 13.1. The number of rotatable bonds is 4. The molecule has 2 aromatic carbocycles. The first-order chi connectivity index (χ1) is 10.3. The molecule has 1 N–H and O–H groups in total. The number of benzene rings is 2. The maximum Gasteiger partial charge on any atom is 0.358 e. The second-order valence-electron chi connectivity index (χ2n) is 5.35. The summed E-state index contributed by atoms with van der Waals surface area (Å²) in [5.74, 6) is -0.0910. The van der Waals surface area contributed by atoms with E-state index in [1.165, 1.54) is 19.2 Å². The number of hydrogen-bond donors (Lipinski definition) is 1. The molecular weight excluding hydrogens is 299 g/mol. The van der Waals surface area contributed by atoms with Crippen molar-refractivity contribution in [3.8, 4) is 0 Å². The molecular formula is C17H19O4P. The molecule has 22 heavy (non-hydrogen) atoms. The molecule has 1 unspecified atom stereocenters. The van der Waals surface area contributed by atoms with Crippen molar-refractivity contribution in [2.24, 2.45) is 0 Å². The van der Waals surface area contributed by atoms with Gasteiger partial charge in [0.25, 0.3) is 0 Å². The van der Waals surface area contributed by atoms with Gasteiger partial charge in [-0.3, -0.25) is 9.36 Å². The van der Waals surface area contributed by atoms with Gasteiger partial charge in [0, 0.05) is 18.2 Å². The average molecular weight is 318 g/mol. The smallest absolute Gasteiger partial charge is 0.321 e. The molecule has 0 aliphatic rings. The van der Waals surface area contributed by atoms with Crippen molar-refractivity contribution in [1.82, 2.24) is 0 Å². The van der Waals surface area contributed by atoms with Crippen LogP contribution in [0.5, 0.6) is 0 Å². The highest BCUT2D eigenvalue weighted by molar-refractivity contribution is 7.61. The molecule has 0 heterocycles. The molecule has 0 aliphatic carbocycles. The van der Waals surface area contributed by atoms with Crippen molar-refractivity contribution in [3.05, 3.63) is 64.2 Å². The van der Waals surface area contributed by atoms with Crippen molar-refractivity contribution in [1.29, 1.82) is 0 Å². The van der Waals surface area contributed by atoms with Crippen molar-refractivity contribution >= 4 is 18.7 Å². The van der Waals surface area contributed by atoms with Gasteiger partial charge in [-0.2, -0.15) is 0 Å². The fraction of sp³-hybridized carbons (Fsp3) is 0.235. The molecule has 2 aromatic rings. The molecule has 0 aromatic heterocycles. The molecule has 0 aliphatic heterocycles. The lowest BCUT2D eigenvalue weighted by molar-refractivity contribution is 0.103. The van der Waals surface area contributed by atoms with Crippen LogP contribution in [0.15, 0.2) is 36.4 Å². The first-order valence-corrected chi connectivity index (χ1v) is 8.45. The normalized spacial score (nSPS) is 13.7. The van der Waals surface area contributed by atoms with Crippen LogP contribution in [-0.4, -0.2) is 17.8 Å². The van der Waals surface area contributed by atoms with E-state index < -0.39 is 7.60 Å². The largest absolute Gasteiger partial charge is 0.358 e. The number of carbonyl (C=O) groups excluding carboxylic acids is 1. The molecule has 5 heteroatoms. The second kappa shape index (κ2) is 6.17. The highest BCUT2D eigenvalue weighted by Crippen LogP contribution is 2.39. The van der Waals surface area contributed by atoms with Crippen LogP contribution in [0.1, 0.15) is 32.6 Å². The fourth-order valence-corrected chi connectivity index (χ4v) is 3.33. The van der Waals surface area contributed by atoms with Crippen LogP contribution in [0.3, 0.4) is 0 Å². The molecule has 0 fully saturated rings. The lowest BCUT2D eigenvalue weighted by Crippen LogP contribution is -2.10. The van der Waals surface area contributed by atoms with Crippen molar-refractivity contribution in [2.45, 2.75) is 20.8 Å². The van der Waals surface area contributed by atoms with Gasteiger partial charge >= 0.3 is 7.60 Å². The summed E-state index contributed by atoms with van der Waals surface area (Å²) in [6.07, 6.45) is 0. The summed E-state index contributed by atoms with van der Waals surface area (Å²) >= 11 is 0. The summed E-state index contributed by atoms with van der Waals surface area (Å²) in [5, 5.41) is 0.170. The predicted octanol–water partition coefficient (Wildman–Crippen LogP) is 3.30. The van der Waals surface area contributed by atoms with E-state index in [2.05, 4.69) is 4.52 Å². The third-order valence-corrected chi connectivity index (χ3v) is 5.05. The molecule has 0 spiro atoms. The highest BCUT2D eigenvalue weighted by atomic mass is 31.2. The van der Waals surface area contributed by atoms with Gasteiger partial charge in [0.1, 0.15) is 0 Å².